The summed E-state index contributed by atoms with van der Waals surface area (Å²) in [5.41, 5.74) is 0.726. The highest BCUT2D eigenvalue weighted by Crippen LogP contribution is 2.30. The molecule has 0 aliphatic carbocycles. The maximum Gasteiger partial charge on any atom is 0.248 e. The first-order valence-corrected chi connectivity index (χ1v) is 7.98. The second-order valence-corrected chi connectivity index (χ2v) is 5.97. The van der Waals surface area contributed by atoms with Crippen LogP contribution in [0.4, 0.5) is 10.8 Å². The molecule has 124 valence electrons. The van der Waals surface area contributed by atoms with Crippen LogP contribution in [0.1, 0.15) is 18.4 Å². The number of amides is 1. The van der Waals surface area contributed by atoms with Crippen molar-refractivity contribution in [2.75, 3.05) is 24.9 Å². The van der Waals surface area contributed by atoms with E-state index in [1.54, 1.807) is 20.3 Å². The molecule has 2 N–H and O–H groups in total. The second-order valence-electron chi connectivity index (χ2n) is 4.79. The molecular weight excluding hydrogens is 316 g/mol. The van der Waals surface area contributed by atoms with E-state index in [1.165, 1.54) is 11.3 Å². The Morgan fingerprint density at radius 3 is 2.65 bits per heavy atom. The fourth-order valence-electron chi connectivity index (χ4n) is 2.00. The average Bonchev–Trinajstić information content (AvgIpc) is 2.97. The van der Waals surface area contributed by atoms with Gasteiger partial charge >= 0.3 is 0 Å². The Balaban J connectivity index is 2.10. The van der Waals surface area contributed by atoms with Crippen molar-refractivity contribution in [1.29, 1.82) is 0 Å². The van der Waals surface area contributed by atoms with E-state index in [-0.39, 0.29) is 5.91 Å². The van der Waals surface area contributed by atoms with Gasteiger partial charge in [-0.05, 0) is 25.5 Å². The summed E-state index contributed by atoms with van der Waals surface area (Å²) in [7, 11) is 3.17. The summed E-state index contributed by atoms with van der Waals surface area (Å²) in [6.07, 6.45) is 0.610. The van der Waals surface area contributed by atoms with E-state index in [0.29, 0.717) is 23.1 Å². The second kappa shape index (κ2) is 7.77. The lowest BCUT2D eigenvalue weighted by atomic mass is 10.2. The van der Waals surface area contributed by atoms with Crippen molar-refractivity contribution in [3.63, 3.8) is 0 Å². The first kappa shape index (κ1) is 17.0. The van der Waals surface area contributed by atoms with Crippen LogP contribution in [0.3, 0.4) is 0 Å². The summed E-state index contributed by atoms with van der Waals surface area (Å²) >= 11 is 1.34. The highest BCUT2D eigenvalue weighted by molar-refractivity contribution is 7.15. The zero-order chi connectivity index (χ0) is 16.8. The SMILES string of the molecule is CC[C@H](Nc1ccc(OC)cc1OC)C(=O)Nc1nnc(C)s1. The molecule has 1 amide bonds. The Morgan fingerprint density at radius 1 is 1.30 bits per heavy atom. The van der Waals surface area contributed by atoms with Gasteiger partial charge in [0.25, 0.3) is 0 Å². The topological polar surface area (TPSA) is 85.4 Å². The van der Waals surface area contributed by atoms with Gasteiger partial charge in [0.05, 0.1) is 19.9 Å². The molecule has 0 fully saturated rings. The molecule has 0 unspecified atom stereocenters. The van der Waals surface area contributed by atoms with E-state index in [0.717, 1.165) is 10.7 Å². The molecule has 1 aromatic carbocycles. The van der Waals surface area contributed by atoms with Crippen molar-refractivity contribution in [2.45, 2.75) is 26.3 Å². The maximum absolute atomic E-state index is 12.4. The van der Waals surface area contributed by atoms with Crippen LogP contribution in [0.2, 0.25) is 0 Å². The summed E-state index contributed by atoms with van der Waals surface area (Å²) in [5.74, 6) is 1.14. The molecule has 0 saturated heterocycles. The first-order valence-electron chi connectivity index (χ1n) is 7.17. The quantitative estimate of drug-likeness (QED) is 0.808. The number of methoxy groups -OCH3 is 2. The molecule has 2 rings (SSSR count). The lowest BCUT2D eigenvalue weighted by Crippen LogP contribution is -2.34. The highest BCUT2D eigenvalue weighted by atomic mass is 32.1. The molecule has 0 aliphatic rings. The molecule has 1 atom stereocenters. The maximum atomic E-state index is 12.4. The Kier molecular flexibility index (Phi) is 5.75. The van der Waals surface area contributed by atoms with Crippen molar-refractivity contribution in [2.24, 2.45) is 0 Å². The van der Waals surface area contributed by atoms with Gasteiger partial charge in [-0.2, -0.15) is 0 Å². The van der Waals surface area contributed by atoms with Gasteiger partial charge in [0, 0.05) is 6.07 Å². The monoisotopic (exact) mass is 336 g/mol. The van der Waals surface area contributed by atoms with Crippen LogP contribution in [0, 0.1) is 6.92 Å². The number of hydrogen-bond acceptors (Lipinski definition) is 7. The number of aryl methyl sites for hydroxylation is 1. The Bertz CT molecular complexity index is 674. The zero-order valence-electron chi connectivity index (χ0n) is 13.5. The number of anilines is 2. The van der Waals surface area contributed by atoms with E-state index < -0.39 is 6.04 Å². The molecule has 0 radical (unpaired) electrons. The molecule has 2 aromatic rings. The largest absolute Gasteiger partial charge is 0.497 e. The fraction of sp³-hybridized carbons (Fsp3) is 0.400. The number of aromatic nitrogens is 2. The standard InChI is InChI=1S/C15H20N4O3S/c1-5-11(14(20)17-15-19-18-9(2)23-15)16-12-7-6-10(21-3)8-13(12)22-4/h6-8,11,16H,5H2,1-4H3,(H,17,19,20)/t11-/m0/s1. The van der Waals surface area contributed by atoms with Crippen LogP contribution in [0.25, 0.3) is 0 Å². The van der Waals surface area contributed by atoms with Gasteiger partial charge in [-0.15, -0.1) is 10.2 Å². The van der Waals surface area contributed by atoms with Gasteiger partial charge in [0.2, 0.25) is 11.0 Å². The minimum atomic E-state index is -0.415. The van der Waals surface area contributed by atoms with Crippen molar-refractivity contribution < 1.29 is 14.3 Å². The molecule has 1 heterocycles. The third-order valence-corrected chi connectivity index (χ3v) is 3.97. The van der Waals surface area contributed by atoms with Gasteiger partial charge in [0.15, 0.2) is 0 Å². The Morgan fingerprint density at radius 2 is 2.09 bits per heavy atom. The van der Waals surface area contributed by atoms with Crippen LogP contribution in [-0.4, -0.2) is 36.4 Å². The number of nitrogens with one attached hydrogen (secondary N) is 2. The molecule has 1 aromatic heterocycles. The van der Waals surface area contributed by atoms with Gasteiger partial charge in [0.1, 0.15) is 22.5 Å². The third kappa shape index (κ3) is 4.32. The summed E-state index contributed by atoms with van der Waals surface area (Å²) in [4.78, 5) is 12.4. The van der Waals surface area contributed by atoms with Crippen LogP contribution >= 0.6 is 11.3 Å². The van der Waals surface area contributed by atoms with Gasteiger partial charge in [-0.25, -0.2) is 0 Å². The predicted octanol–water partition coefficient (Wildman–Crippen LogP) is 2.69. The third-order valence-electron chi connectivity index (χ3n) is 3.22. The predicted molar refractivity (Wildman–Crippen MR) is 90.5 cm³/mol. The number of ether oxygens (including phenoxy) is 2. The lowest BCUT2D eigenvalue weighted by Gasteiger charge is -2.19. The van der Waals surface area contributed by atoms with Crippen molar-refractivity contribution in [3.05, 3.63) is 23.2 Å². The van der Waals surface area contributed by atoms with Gasteiger partial charge < -0.3 is 14.8 Å². The van der Waals surface area contributed by atoms with Crippen LogP contribution in [0.15, 0.2) is 18.2 Å². The molecule has 23 heavy (non-hydrogen) atoms. The first-order chi connectivity index (χ1) is 11.1. The number of rotatable bonds is 7. The smallest absolute Gasteiger partial charge is 0.248 e. The number of carbonyl (C=O) groups excluding carboxylic acids is 1. The number of nitrogens with zero attached hydrogens (tertiary/aromatic N) is 2. The fourth-order valence-corrected chi connectivity index (χ4v) is 2.59. The van der Waals surface area contributed by atoms with E-state index in [4.69, 9.17) is 9.47 Å². The van der Waals surface area contributed by atoms with E-state index in [2.05, 4.69) is 20.8 Å². The van der Waals surface area contributed by atoms with E-state index in [1.807, 2.05) is 26.0 Å². The Hall–Kier alpha value is -2.35. The minimum absolute atomic E-state index is 0.165. The van der Waals surface area contributed by atoms with Crippen molar-refractivity contribution >= 4 is 28.1 Å². The molecule has 0 saturated carbocycles. The highest BCUT2D eigenvalue weighted by Gasteiger charge is 2.19. The Labute approximate surface area is 139 Å². The lowest BCUT2D eigenvalue weighted by molar-refractivity contribution is -0.117. The van der Waals surface area contributed by atoms with Gasteiger partial charge in [-0.1, -0.05) is 18.3 Å². The van der Waals surface area contributed by atoms with E-state index >= 15 is 0 Å². The normalized spacial score (nSPS) is 11.7. The van der Waals surface area contributed by atoms with Crippen LogP contribution < -0.4 is 20.1 Å². The summed E-state index contributed by atoms with van der Waals surface area (Å²) in [6, 6.07) is 4.98. The van der Waals surface area contributed by atoms with E-state index in [9.17, 15) is 4.79 Å². The van der Waals surface area contributed by atoms with Gasteiger partial charge in [-0.3, -0.25) is 10.1 Å². The number of hydrogen-bond donors (Lipinski definition) is 2. The molecule has 8 heteroatoms. The summed E-state index contributed by atoms with van der Waals surface area (Å²) in [6.45, 7) is 3.77. The van der Waals surface area contributed by atoms with Crippen LogP contribution in [0.5, 0.6) is 11.5 Å². The summed E-state index contributed by atoms with van der Waals surface area (Å²) in [5, 5.41) is 15.0. The zero-order valence-corrected chi connectivity index (χ0v) is 14.4. The summed E-state index contributed by atoms with van der Waals surface area (Å²) < 4.78 is 10.5. The molecule has 7 nitrogen and oxygen atoms in total. The molecule has 0 aliphatic heterocycles. The average molecular weight is 336 g/mol. The molecular formula is C15H20N4O3S. The number of carbonyl (C=O) groups is 1. The number of benzene rings is 1. The van der Waals surface area contributed by atoms with Crippen LogP contribution in [-0.2, 0) is 4.79 Å². The molecule has 0 spiro atoms. The van der Waals surface area contributed by atoms with Crippen molar-refractivity contribution in [1.82, 2.24) is 10.2 Å². The minimum Gasteiger partial charge on any atom is -0.497 e. The molecule has 0 bridgehead atoms. The van der Waals surface area contributed by atoms with Crippen molar-refractivity contribution in [3.8, 4) is 11.5 Å².